The smallest absolute Gasteiger partial charge is 0.133 e. The monoisotopic (exact) mass is 306 g/mol. The van der Waals surface area contributed by atoms with Crippen molar-refractivity contribution in [3.8, 4) is 10.6 Å². The zero-order valence-corrected chi connectivity index (χ0v) is 13.8. The van der Waals surface area contributed by atoms with Crippen LogP contribution in [0.5, 0.6) is 0 Å². The Balaban J connectivity index is 2.29. The maximum Gasteiger partial charge on any atom is 0.133 e. The molecule has 0 atom stereocenters. The van der Waals surface area contributed by atoms with E-state index in [2.05, 4.69) is 24.1 Å². The number of thiazole rings is 1. The van der Waals surface area contributed by atoms with Gasteiger partial charge < -0.3 is 5.32 Å². The van der Waals surface area contributed by atoms with Crippen LogP contribution in [0.15, 0.2) is 18.2 Å². The van der Waals surface area contributed by atoms with Crippen LogP contribution in [-0.4, -0.2) is 11.5 Å². The molecule has 0 aliphatic rings. The van der Waals surface area contributed by atoms with Gasteiger partial charge in [-0.15, -0.1) is 11.3 Å². The predicted molar refractivity (Wildman–Crippen MR) is 88.2 cm³/mol. The SMILES string of the molecule is CCCNCc1sc(-c2ccc(C)cc2F)nc1CCC. The highest BCUT2D eigenvalue weighted by Gasteiger charge is 2.14. The second-order valence-electron chi connectivity index (χ2n) is 5.30. The fourth-order valence-corrected chi connectivity index (χ4v) is 3.35. The molecule has 1 aromatic heterocycles. The van der Waals surface area contributed by atoms with Crippen LogP contribution in [0.25, 0.3) is 10.6 Å². The van der Waals surface area contributed by atoms with Gasteiger partial charge in [-0.2, -0.15) is 0 Å². The number of hydrogen-bond donors (Lipinski definition) is 1. The van der Waals surface area contributed by atoms with Crippen molar-refractivity contribution >= 4 is 11.3 Å². The molecular formula is C17H23FN2S. The number of halogens is 1. The summed E-state index contributed by atoms with van der Waals surface area (Å²) in [6.07, 6.45) is 3.12. The molecule has 0 aliphatic carbocycles. The van der Waals surface area contributed by atoms with Crippen LogP contribution in [-0.2, 0) is 13.0 Å². The van der Waals surface area contributed by atoms with E-state index in [9.17, 15) is 4.39 Å². The molecule has 0 unspecified atom stereocenters. The van der Waals surface area contributed by atoms with Crippen molar-refractivity contribution in [2.45, 2.75) is 46.6 Å². The Morgan fingerprint density at radius 3 is 2.71 bits per heavy atom. The van der Waals surface area contributed by atoms with Crippen molar-refractivity contribution in [1.82, 2.24) is 10.3 Å². The second-order valence-corrected chi connectivity index (χ2v) is 6.38. The molecule has 21 heavy (non-hydrogen) atoms. The molecule has 0 radical (unpaired) electrons. The van der Waals surface area contributed by atoms with Gasteiger partial charge in [-0.1, -0.05) is 26.3 Å². The number of benzene rings is 1. The summed E-state index contributed by atoms with van der Waals surface area (Å²) in [4.78, 5) is 5.91. The average Bonchev–Trinajstić information content (AvgIpc) is 2.82. The second kappa shape index (κ2) is 7.66. The molecule has 0 saturated carbocycles. The molecule has 1 N–H and O–H groups in total. The fourth-order valence-electron chi connectivity index (χ4n) is 2.24. The van der Waals surface area contributed by atoms with Gasteiger partial charge in [-0.3, -0.25) is 0 Å². The van der Waals surface area contributed by atoms with E-state index in [1.807, 2.05) is 19.1 Å². The molecule has 114 valence electrons. The fraction of sp³-hybridized carbons (Fsp3) is 0.471. The first-order chi connectivity index (χ1) is 10.2. The lowest BCUT2D eigenvalue weighted by atomic mass is 10.1. The van der Waals surface area contributed by atoms with Gasteiger partial charge in [0.25, 0.3) is 0 Å². The van der Waals surface area contributed by atoms with Crippen molar-refractivity contribution in [2.24, 2.45) is 0 Å². The van der Waals surface area contributed by atoms with Crippen LogP contribution in [0, 0.1) is 12.7 Å². The molecule has 4 heteroatoms. The number of nitrogens with zero attached hydrogens (tertiary/aromatic N) is 1. The summed E-state index contributed by atoms with van der Waals surface area (Å²) in [6.45, 7) is 8.03. The Bertz CT molecular complexity index is 592. The van der Waals surface area contributed by atoms with E-state index in [4.69, 9.17) is 0 Å². The van der Waals surface area contributed by atoms with Crippen molar-refractivity contribution in [2.75, 3.05) is 6.54 Å². The number of nitrogens with one attached hydrogen (secondary N) is 1. The molecule has 0 fully saturated rings. The number of hydrogen-bond acceptors (Lipinski definition) is 3. The van der Waals surface area contributed by atoms with Crippen LogP contribution in [0.4, 0.5) is 4.39 Å². The van der Waals surface area contributed by atoms with Crippen molar-refractivity contribution in [3.63, 3.8) is 0 Å². The molecule has 1 aromatic carbocycles. The Morgan fingerprint density at radius 1 is 1.24 bits per heavy atom. The minimum absolute atomic E-state index is 0.181. The van der Waals surface area contributed by atoms with Crippen LogP contribution in [0.2, 0.25) is 0 Å². The highest BCUT2D eigenvalue weighted by atomic mass is 32.1. The topological polar surface area (TPSA) is 24.9 Å². The summed E-state index contributed by atoms with van der Waals surface area (Å²) in [5.74, 6) is -0.181. The first-order valence-electron chi connectivity index (χ1n) is 7.61. The lowest BCUT2D eigenvalue weighted by Crippen LogP contribution is -2.13. The van der Waals surface area contributed by atoms with E-state index in [-0.39, 0.29) is 5.82 Å². The minimum atomic E-state index is -0.181. The highest BCUT2D eigenvalue weighted by Crippen LogP contribution is 2.31. The van der Waals surface area contributed by atoms with Crippen molar-refractivity contribution in [3.05, 3.63) is 40.2 Å². The third-order valence-electron chi connectivity index (χ3n) is 3.33. The standard InChI is InChI=1S/C17H23FN2S/c1-4-6-15-16(11-19-9-5-2)21-17(20-15)13-8-7-12(3)10-14(13)18/h7-8,10,19H,4-6,9,11H2,1-3H3. The zero-order valence-electron chi connectivity index (χ0n) is 13.0. The lowest BCUT2D eigenvalue weighted by molar-refractivity contribution is 0.630. The largest absolute Gasteiger partial charge is 0.312 e. The Hall–Kier alpha value is -1.26. The molecule has 0 spiro atoms. The van der Waals surface area contributed by atoms with Gasteiger partial charge in [0, 0.05) is 17.0 Å². The minimum Gasteiger partial charge on any atom is -0.312 e. The van der Waals surface area contributed by atoms with Crippen LogP contribution in [0.1, 0.15) is 42.8 Å². The van der Waals surface area contributed by atoms with Crippen LogP contribution >= 0.6 is 11.3 Å². The number of aromatic nitrogens is 1. The van der Waals surface area contributed by atoms with Gasteiger partial charge >= 0.3 is 0 Å². The van der Waals surface area contributed by atoms with E-state index in [0.717, 1.165) is 48.6 Å². The zero-order chi connectivity index (χ0) is 15.2. The molecular weight excluding hydrogens is 283 g/mol. The third-order valence-corrected chi connectivity index (χ3v) is 4.46. The summed E-state index contributed by atoms with van der Waals surface area (Å²) < 4.78 is 14.1. The first-order valence-corrected chi connectivity index (χ1v) is 8.43. The number of rotatable bonds is 7. The molecule has 0 bridgehead atoms. The van der Waals surface area contributed by atoms with E-state index in [1.54, 1.807) is 17.4 Å². The van der Waals surface area contributed by atoms with Gasteiger partial charge in [-0.05, 0) is 44.0 Å². The maximum absolute atomic E-state index is 14.1. The Labute approximate surface area is 130 Å². The number of aryl methyl sites for hydroxylation is 2. The van der Waals surface area contributed by atoms with Gasteiger partial charge in [0.2, 0.25) is 0 Å². The van der Waals surface area contributed by atoms with Crippen LogP contribution < -0.4 is 5.32 Å². The third kappa shape index (κ3) is 4.11. The van der Waals surface area contributed by atoms with Crippen molar-refractivity contribution < 1.29 is 4.39 Å². The molecule has 2 nitrogen and oxygen atoms in total. The molecule has 0 amide bonds. The summed E-state index contributed by atoms with van der Waals surface area (Å²) >= 11 is 1.61. The van der Waals surface area contributed by atoms with E-state index < -0.39 is 0 Å². The van der Waals surface area contributed by atoms with Gasteiger partial charge in [0.1, 0.15) is 10.8 Å². The van der Waals surface area contributed by atoms with Gasteiger partial charge in [0.05, 0.1) is 5.69 Å². The molecule has 0 aliphatic heterocycles. The summed E-state index contributed by atoms with van der Waals surface area (Å²) in [5.41, 5.74) is 2.66. The summed E-state index contributed by atoms with van der Waals surface area (Å²) in [7, 11) is 0. The normalized spacial score (nSPS) is 11.0. The Kier molecular flexibility index (Phi) is 5.88. The molecule has 2 rings (SSSR count). The molecule has 2 aromatic rings. The van der Waals surface area contributed by atoms with E-state index in [0.29, 0.717) is 5.56 Å². The molecule has 1 heterocycles. The van der Waals surface area contributed by atoms with Gasteiger partial charge in [-0.25, -0.2) is 9.37 Å². The van der Waals surface area contributed by atoms with E-state index in [1.165, 1.54) is 4.88 Å². The lowest BCUT2D eigenvalue weighted by Gasteiger charge is -2.02. The summed E-state index contributed by atoms with van der Waals surface area (Å²) in [5, 5.41) is 4.21. The first kappa shape index (κ1) is 16.1. The van der Waals surface area contributed by atoms with Crippen LogP contribution in [0.3, 0.4) is 0 Å². The van der Waals surface area contributed by atoms with E-state index >= 15 is 0 Å². The summed E-state index contributed by atoms with van der Waals surface area (Å²) in [6, 6.07) is 5.35. The average molecular weight is 306 g/mol. The van der Waals surface area contributed by atoms with Gasteiger partial charge in [0.15, 0.2) is 0 Å². The molecule has 0 saturated heterocycles. The van der Waals surface area contributed by atoms with Crippen molar-refractivity contribution in [1.29, 1.82) is 0 Å². The Morgan fingerprint density at radius 2 is 2.05 bits per heavy atom. The quantitative estimate of drug-likeness (QED) is 0.749. The maximum atomic E-state index is 14.1. The predicted octanol–water partition coefficient (Wildman–Crippen LogP) is 4.71. The highest BCUT2D eigenvalue weighted by molar-refractivity contribution is 7.15.